The third-order valence-electron chi connectivity index (χ3n) is 3.92. The molecule has 28 heavy (non-hydrogen) atoms. The predicted molar refractivity (Wildman–Crippen MR) is 120 cm³/mol. The molecule has 0 fully saturated rings. The molecule has 2 aromatic carbocycles. The Morgan fingerprint density at radius 1 is 0.821 bits per heavy atom. The maximum absolute atomic E-state index is 12.4. The van der Waals surface area contributed by atoms with Crippen molar-refractivity contribution in [2.75, 3.05) is 32.3 Å². The Morgan fingerprint density at radius 2 is 1.25 bits per heavy atom. The summed E-state index contributed by atoms with van der Waals surface area (Å²) >= 11 is 10.7. The zero-order chi connectivity index (χ0) is 20.7. The van der Waals surface area contributed by atoms with Crippen LogP contribution >= 0.6 is 24.4 Å². The number of carbonyl (C=O) groups excluding carboxylic acids is 1. The lowest BCUT2D eigenvalue weighted by Crippen LogP contribution is -2.37. The fraction of sp³-hybridized carbons (Fsp3) is 0.250. The second kappa shape index (κ2) is 9.86. The lowest BCUT2D eigenvalue weighted by molar-refractivity contribution is -0.116. The van der Waals surface area contributed by atoms with Crippen LogP contribution in [0.15, 0.2) is 60.7 Å². The molecule has 0 spiro atoms. The van der Waals surface area contributed by atoms with Gasteiger partial charge in [0.2, 0.25) is 0 Å². The number of Topliss-reactive ketones (excluding diaryl/α,β-unsaturated/α-hetero) is 1. The van der Waals surface area contributed by atoms with Crippen molar-refractivity contribution in [2.24, 2.45) is 0 Å². The van der Waals surface area contributed by atoms with Crippen molar-refractivity contribution in [3.8, 4) is 0 Å². The molecule has 0 radical (unpaired) electrons. The number of likely N-dealkylation sites (N-methyl/N-ethyl adjacent to an activating group) is 1. The van der Waals surface area contributed by atoms with Gasteiger partial charge in [0.15, 0.2) is 15.6 Å². The van der Waals surface area contributed by atoms with Crippen LogP contribution in [0.3, 0.4) is 0 Å². The van der Waals surface area contributed by atoms with E-state index in [1.54, 1.807) is 19.0 Å². The van der Waals surface area contributed by atoms with Gasteiger partial charge in [-0.1, -0.05) is 85.1 Å². The molecule has 0 atom stereocenters. The summed E-state index contributed by atoms with van der Waals surface area (Å²) in [7, 11) is -0.368. The Hall–Kier alpha value is -2.16. The lowest BCUT2D eigenvalue weighted by Gasteiger charge is -2.21. The second-order valence-corrected chi connectivity index (χ2v) is 9.26. The fourth-order valence-corrected chi connectivity index (χ4v) is 4.50. The third-order valence-corrected chi connectivity index (χ3v) is 6.56. The average molecular weight is 435 g/mol. The molecule has 0 aliphatic rings. The number of carbonyl (C=O) groups is 1. The molecule has 5 nitrogen and oxygen atoms in total. The Bertz CT molecular complexity index is 945. The summed E-state index contributed by atoms with van der Waals surface area (Å²) in [4.78, 5) is 16.3. The molecule has 0 N–H and O–H groups in total. The summed E-state index contributed by atoms with van der Waals surface area (Å²) in [5, 5.41) is 0. The Labute approximate surface area is 176 Å². The van der Waals surface area contributed by atoms with Crippen LogP contribution in [0.5, 0.6) is 0 Å². The molecule has 2 aromatic rings. The van der Waals surface area contributed by atoms with Crippen molar-refractivity contribution in [3.63, 3.8) is 0 Å². The van der Waals surface area contributed by atoms with E-state index in [1.165, 1.54) is 4.90 Å². The molecular weight excluding hydrogens is 412 g/mol. The van der Waals surface area contributed by atoms with Gasteiger partial charge >= 0.3 is 0 Å². The summed E-state index contributed by atoms with van der Waals surface area (Å²) in [6.07, 6.45) is 0. The van der Waals surface area contributed by atoms with Crippen LogP contribution in [0.25, 0.3) is 0 Å². The van der Waals surface area contributed by atoms with Crippen LogP contribution < -0.4 is 0 Å². The van der Waals surface area contributed by atoms with Crippen LogP contribution in [-0.2, 0) is 14.6 Å². The molecule has 0 unspecified atom stereocenters. The van der Waals surface area contributed by atoms with E-state index in [0.717, 1.165) is 11.1 Å². The van der Waals surface area contributed by atoms with Crippen molar-refractivity contribution in [1.29, 1.82) is 0 Å². The predicted octanol–water partition coefficient (Wildman–Crippen LogP) is 2.54. The van der Waals surface area contributed by atoms with E-state index in [-0.39, 0.29) is 12.4 Å². The minimum Gasteiger partial charge on any atom is -0.358 e. The van der Waals surface area contributed by atoms with Crippen molar-refractivity contribution in [3.05, 3.63) is 71.8 Å². The molecule has 2 rings (SSSR count). The molecule has 8 heteroatoms. The summed E-state index contributed by atoms with van der Waals surface area (Å²) in [5.41, 5.74) is 1.57. The molecule has 0 heterocycles. The van der Waals surface area contributed by atoms with Gasteiger partial charge in [0.05, 0.1) is 6.54 Å². The lowest BCUT2D eigenvalue weighted by atomic mass is 10.2. The topological polar surface area (TPSA) is 57.7 Å². The smallest absolute Gasteiger partial charge is 0.175 e. The highest BCUT2D eigenvalue weighted by molar-refractivity contribution is 7.92. The van der Waals surface area contributed by atoms with Crippen LogP contribution in [0.4, 0.5) is 0 Å². The summed E-state index contributed by atoms with van der Waals surface area (Å²) in [5.74, 6) is -1.30. The summed E-state index contributed by atoms with van der Waals surface area (Å²) < 4.78 is 24.9. The van der Waals surface area contributed by atoms with Crippen molar-refractivity contribution in [1.82, 2.24) is 9.80 Å². The van der Waals surface area contributed by atoms with E-state index in [1.807, 2.05) is 60.7 Å². The van der Waals surface area contributed by atoms with E-state index in [4.69, 9.17) is 24.4 Å². The number of ketones is 1. The molecule has 0 aromatic heterocycles. The Balaban J connectivity index is 1.93. The minimum absolute atomic E-state index is 0.0696. The zero-order valence-corrected chi connectivity index (χ0v) is 18.2. The SMILES string of the molecule is CN(CC(=O)CS(=O)(=O)CN(C)C(=S)c1ccccc1)C(=S)c1ccccc1. The number of benzene rings is 2. The molecular formula is C20H22N2O3S3. The Kier molecular flexibility index (Phi) is 7.79. The molecule has 0 aliphatic heterocycles. The van der Waals surface area contributed by atoms with Crippen LogP contribution in [0, 0.1) is 0 Å². The highest BCUT2D eigenvalue weighted by atomic mass is 32.2. The van der Waals surface area contributed by atoms with Crippen LogP contribution in [0.2, 0.25) is 0 Å². The molecule has 148 valence electrons. The van der Waals surface area contributed by atoms with Crippen molar-refractivity contribution < 1.29 is 13.2 Å². The highest BCUT2D eigenvalue weighted by Gasteiger charge is 2.22. The fourth-order valence-electron chi connectivity index (χ4n) is 2.63. The first-order valence-corrected chi connectivity index (χ1v) is 11.2. The highest BCUT2D eigenvalue weighted by Crippen LogP contribution is 2.08. The van der Waals surface area contributed by atoms with Gasteiger partial charge in [-0.2, -0.15) is 0 Å². The zero-order valence-electron chi connectivity index (χ0n) is 15.7. The van der Waals surface area contributed by atoms with Gasteiger partial charge < -0.3 is 9.80 Å². The third kappa shape index (κ3) is 6.47. The molecule has 0 saturated heterocycles. The molecule has 0 amide bonds. The van der Waals surface area contributed by atoms with Gasteiger partial charge in [-0.15, -0.1) is 0 Å². The number of sulfone groups is 1. The van der Waals surface area contributed by atoms with Gasteiger partial charge in [0, 0.05) is 25.2 Å². The van der Waals surface area contributed by atoms with Gasteiger partial charge in [-0.3, -0.25) is 4.79 Å². The van der Waals surface area contributed by atoms with Gasteiger partial charge in [0.25, 0.3) is 0 Å². The van der Waals surface area contributed by atoms with E-state index in [9.17, 15) is 13.2 Å². The number of nitrogens with zero attached hydrogens (tertiary/aromatic N) is 2. The number of rotatable bonds is 8. The Morgan fingerprint density at radius 3 is 1.71 bits per heavy atom. The van der Waals surface area contributed by atoms with E-state index in [2.05, 4.69) is 0 Å². The van der Waals surface area contributed by atoms with Gasteiger partial charge in [0.1, 0.15) is 21.6 Å². The van der Waals surface area contributed by atoms with Gasteiger partial charge in [-0.25, -0.2) is 8.42 Å². The molecule has 0 aliphatic carbocycles. The average Bonchev–Trinajstić information content (AvgIpc) is 2.67. The first-order valence-electron chi connectivity index (χ1n) is 8.53. The van der Waals surface area contributed by atoms with E-state index in [0.29, 0.717) is 9.98 Å². The monoisotopic (exact) mass is 434 g/mol. The summed E-state index contributed by atoms with van der Waals surface area (Å²) in [6, 6.07) is 18.4. The normalized spacial score (nSPS) is 10.9. The largest absolute Gasteiger partial charge is 0.358 e. The molecule has 0 bridgehead atoms. The second-order valence-electron chi connectivity index (χ2n) is 6.45. The molecule has 0 saturated carbocycles. The van der Waals surface area contributed by atoms with Gasteiger partial charge in [-0.05, 0) is 0 Å². The van der Waals surface area contributed by atoms with Crippen LogP contribution in [0.1, 0.15) is 11.1 Å². The van der Waals surface area contributed by atoms with E-state index >= 15 is 0 Å². The standard InChI is InChI=1S/C20H22N2O3S3/c1-21(19(26)16-9-5-3-6-10-16)13-18(23)14-28(24,25)15-22(2)20(27)17-11-7-4-8-12-17/h3-12H,13-15H2,1-2H3. The van der Waals surface area contributed by atoms with E-state index < -0.39 is 21.4 Å². The first kappa shape index (κ1) is 22.1. The maximum Gasteiger partial charge on any atom is 0.175 e. The number of hydrogen-bond donors (Lipinski definition) is 0. The number of thiocarbonyl (C=S) groups is 2. The number of hydrogen-bond acceptors (Lipinski definition) is 5. The first-order chi connectivity index (χ1) is 13.2. The van der Waals surface area contributed by atoms with Crippen LogP contribution in [-0.4, -0.2) is 66.2 Å². The summed E-state index contributed by atoms with van der Waals surface area (Å²) in [6.45, 7) is -0.0696. The maximum atomic E-state index is 12.4. The quantitative estimate of drug-likeness (QED) is 0.592. The minimum atomic E-state index is -3.65. The van der Waals surface area contributed by atoms with Crippen molar-refractivity contribution >= 4 is 50.0 Å². The van der Waals surface area contributed by atoms with Crippen molar-refractivity contribution in [2.45, 2.75) is 0 Å².